The predicted molar refractivity (Wildman–Crippen MR) is 101 cm³/mol. The van der Waals surface area contributed by atoms with Crippen LogP contribution in [0, 0.1) is 5.82 Å². The number of hydrogen-bond acceptors (Lipinski definition) is 5. The van der Waals surface area contributed by atoms with Crippen LogP contribution in [0.1, 0.15) is 35.4 Å². The predicted octanol–water partition coefficient (Wildman–Crippen LogP) is 3.54. The van der Waals surface area contributed by atoms with Gasteiger partial charge < -0.3 is 14.1 Å². The molecule has 3 aromatic rings. The van der Waals surface area contributed by atoms with E-state index in [1.54, 1.807) is 31.2 Å². The molecule has 0 radical (unpaired) electrons. The lowest BCUT2D eigenvalue weighted by Crippen LogP contribution is -2.26. The first-order valence-corrected chi connectivity index (χ1v) is 8.95. The van der Waals surface area contributed by atoms with E-state index in [0.717, 1.165) is 11.1 Å². The van der Waals surface area contributed by atoms with E-state index in [-0.39, 0.29) is 18.1 Å². The number of aromatic nitrogens is 2. The number of carbonyl (C=O) groups excluding carboxylic acids is 1. The maximum Gasteiger partial charge on any atom is 0.249 e. The van der Waals surface area contributed by atoms with Crippen LogP contribution in [0.15, 0.2) is 59.0 Å². The Bertz CT molecular complexity index is 897. The molecule has 2 aromatic carbocycles. The Morgan fingerprint density at radius 2 is 1.86 bits per heavy atom. The molecule has 1 aromatic heterocycles. The van der Waals surface area contributed by atoms with Gasteiger partial charge in [0, 0.05) is 33.5 Å². The van der Waals surface area contributed by atoms with Gasteiger partial charge in [0.15, 0.2) is 6.10 Å². The summed E-state index contributed by atoms with van der Waals surface area (Å²) in [7, 11) is 3.29. The largest absolute Gasteiger partial charge is 0.422 e. The first kappa shape index (κ1) is 19.7. The summed E-state index contributed by atoms with van der Waals surface area (Å²) in [5, 5.41) is 8.09. The van der Waals surface area contributed by atoms with Gasteiger partial charge in [-0.25, -0.2) is 4.39 Å². The summed E-state index contributed by atoms with van der Waals surface area (Å²) in [6, 6.07) is 15.7. The van der Waals surface area contributed by atoms with Crippen molar-refractivity contribution in [3.63, 3.8) is 0 Å². The fourth-order valence-corrected chi connectivity index (χ4v) is 2.84. The monoisotopic (exact) mass is 383 g/mol. The Kier molecular flexibility index (Phi) is 6.49. The van der Waals surface area contributed by atoms with Crippen LogP contribution in [0.3, 0.4) is 0 Å². The molecule has 0 spiro atoms. The number of halogens is 1. The highest BCUT2D eigenvalue weighted by Crippen LogP contribution is 2.24. The molecule has 1 atom stereocenters. The van der Waals surface area contributed by atoms with Gasteiger partial charge in [-0.2, -0.15) is 0 Å². The number of carbonyl (C=O) groups is 1. The second-order valence-electron chi connectivity index (χ2n) is 6.44. The van der Waals surface area contributed by atoms with E-state index in [1.165, 1.54) is 12.1 Å². The van der Waals surface area contributed by atoms with Crippen molar-refractivity contribution < 1.29 is 18.3 Å². The summed E-state index contributed by atoms with van der Waals surface area (Å²) in [6.45, 7) is 0.411. The van der Waals surface area contributed by atoms with Crippen LogP contribution in [0.2, 0.25) is 0 Å². The van der Waals surface area contributed by atoms with Crippen molar-refractivity contribution in [3.8, 4) is 0 Å². The first-order chi connectivity index (χ1) is 13.6. The number of rotatable bonds is 8. The van der Waals surface area contributed by atoms with Crippen molar-refractivity contribution in [2.24, 2.45) is 0 Å². The molecular formula is C21H22FN3O3. The van der Waals surface area contributed by atoms with Crippen LogP contribution >= 0.6 is 0 Å². The Morgan fingerprint density at radius 3 is 2.54 bits per heavy atom. The van der Waals surface area contributed by atoms with Crippen LogP contribution in [-0.2, 0) is 22.5 Å². The molecule has 0 bridgehead atoms. The second-order valence-corrected chi connectivity index (χ2v) is 6.44. The standard InChI is InChI=1S/C21H22FN3O3/c1-25(14-15-8-10-17(22)11-9-15)19(26)13-12-18-23-24-21(28-18)20(27-2)16-6-4-3-5-7-16/h3-11,20H,12-14H2,1-2H3/t20-/m0/s1. The molecule has 0 N–H and O–H groups in total. The highest BCUT2D eigenvalue weighted by molar-refractivity contribution is 5.76. The van der Waals surface area contributed by atoms with Gasteiger partial charge in [0.2, 0.25) is 17.7 Å². The van der Waals surface area contributed by atoms with E-state index in [2.05, 4.69) is 10.2 Å². The number of aryl methyl sites for hydroxylation is 1. The fourth-order valence-electron chi connectivity index (χ4n) is 2.84. The quantitative estimate of drug-likeness (QED) is 0.595. The van der Waals surface area contributed by atoms with Crippen LogP contribution in [-0.4, -0.2) is 35.2 Å². The van der Waals surface area contributed by atoms with E-state index >= 15 is 0 Å². The van der Waals surface area contributed by atoms with E-state index in [1.807, 2.05) is 30.3 Å². The molecule has 0 aliphatic heterocycles. The zero-order chi connectivity index (χ0) is 19.9. The number of ether oxygens (including phenoxy) is 1. The maximum absolute atomic E-state index is 13.0. The Labute approximate surface area is 163 Å². The SMILES string of the molecule is CO[C@@H](c1ccccc1)c1nnc(CCC(=O)N(C)Cc2ccc(F)cc2)o1. The summed E-state index contributed by atoms with van der Waals surface area (Å²) >= 11 is 0. The number of methoxy groups -OCH3 is 1. The van der Waals surface area contributed by atoms with Crippen molar-refractivity contribution >= 4 is 5.91 Å². The van der Waals surface area contributed by atoms with Crippen molar-refractivity contribution in [2.75, 3.05) is 14.2 Å². The molecule has 6 nitrogen and oxygen atoms in total. The van der Waals surface area contributed by atoms with E-state index in [4.69, 9.17) is 9.15 Å². The molecule has 0 fully saturated rings. The van der Waals surface area contributed by atoms with E-state index < -0.39 is 6.10 Å². The van der Waals surface area contributed by atoms with Crippen molar-refractivity contribution in [3.05, 3.63) is 83.3 Å². The van der Waals surface area contributed by atoms with Gasteiger partial charge in [-0.1, -0.05) is 42.5 Å². The minimum absolute atomic E-state index is 0.0598. The number of nitrogens with zero attached hydrogens (tertiary/aromatic N) is 3. The summed E-state index contributed by atoms with van der Waals surface area (Å²) in [4.78, 5) is 13.9. The van der Waals surface area contributed by atoms with Gasteiger partial charge in [0.1, 0.15) is 5.82 Å². The van der Waals surface area contributed by atoms with Crippen molar-refractivity contribution in [1.29, 1.82) is 0 Å². The topological polar surface area (TPSA) is 68.5 Å². The van der Waals surface area contributed by atoms with Gasteiger partial charge in [-0.05, 0) is 23.3 Å². The summed E-state index contributed by atoms with van der Waals surface area (Å²) in [5.41, 5.74) is 1.78. The lowest BCUT2D eigenvalue weighted by molar-refractivity contribution is -0.130. The molecule has 0 aliphatic carbocycles. The molecular weight excluding hydrogens is 361 g/mol. The number of benzene rings is 2. The average Bonchev–Trinajstić information content (AvgIpc) is 3.18. The van der Waals surface area contributed by atoms with Crippen LogP contribution in [0.5, 0.6) is 0 Å². The smallest absolute Gasteiger partial charge is 0.249 e. The third-order valence-electron chi connectivity index (χ3n) is 4.36. The molecule has 1 amide bonds. The minimum atomic E-state index is -0.445. The van der Waals surface area contributed by atoms with Gasteiger partial charge in [0.05, 0.1) is 0 Å². The molecule has 3 rings (SSSR count). The molecule has 0 saturated carbocycles. The van der Waals surface area contributed by atoms with Gasteiger partial charge in [0.25, 0.3) is 0 Å². The zero-order valence-corrected chi connectivity index (χ0v) is 15.8. The highest BCUT2D eigenvalue weighted by atomic mass is 19.1. The van der Waals surface area contributed by atoms with Gasteiger partial charge >= 0.3 is 0 Å². The van der Waals surface area contributed by atoms with E-state index in [9.17, 15) is 9.18 Å². The van der Waals surface area contributed by atoms with E-state index in [0.29, 0.717) is 24.7 Å². The molecule has 146 valence electrons. The second kappa shape index (κ2) is 9.23. The van der Waals surface area contributed by atoms with Crippen LogP contribution in [0.25, 0.3) is 0 Å². The molecule has 28 heavy (non-hydrogen) atoms. The zero-order valence-electron chi connectivity index (χ0n) is 15.8. The van der Waals surface area contributed by atoms with Crippen molar-refractivity contribution in [2.45, 2.75) is 25.5 Å². The Hall–Kier alpha value is -3.06. The minimum Gasteiger partial charge on any atom is -0.422 e. The molecule has 0 saturated heterocycles. The average molecular weight is 383 g/mol. The van der Waals surface area contributed by atoms with Gasteiger partial charge in [-0.15, -0.1) is 10.2 Å². The molecule has 1 heterocycles. The Morgan fingerprint density at radius 1 is 1.14 bits per heavy atom. The Balaban J connectivity index is 1.56. The molecule has 0 unspecified atom stereocenters. The summed E-state index contributed by atoms with van der Waals surface area (Å²) in [6.07, 6.45) is 0.131. The van der Waals surface area contributed by atoms with Gasteiger partial charge in [-0.3, -0.25) is 4.79 Å². The third kappa shape index (κ3) is 5.01. The summed E-state index contributed by atoms with van der Waals surface area (Å²) in [5.74, 6) is 0.387. The highest BCUT2D eigenvalue weighted by Gasteiger charge is 2.20. The summed E-state index contributed by atoms with van der Waals surface area (Å²) < 4.78 is 24.1. The lowest BCUT2D eigenvalue weighted by atomic mass is 10.1. The van der Waals surface area contributed by atoms with Crippen LogP contribution in [0.4, 0.5) is 4.39 Å². The fraction of sp³-hybridized carbons (Fsp3) is 0.286. The van der Waals surface area contributed by atoms with Crippen LogP contribution < -0.4 is 0 Å². The lowest BCUT2D eigenvalue weighted by Gasteiger charge is -2.16. The maximum atomic E-state index is 13.0. The molecule has 7 heteroatoms. The number of amides is 1. The first-order valence-electron chi connectivity index (χ1n) is 8.95. The molecule has 0 aliphatic rings. The third-order valence-corrected chi connectivity index (χ3v) is 4.36. The van der Waals surface area contributed by atoms with Crippen molar-refractivity contribution in [1.82, 2.24) is 15.1 Å². The number of hydrogen-bond donors (Lipinski definition) is 0. The normalized spacial score (nSPS) is 12.0.